The quantitative estimate of drug-likeness (QED) is 0.279. The normalized spacial score (nSPS) is 12.7. The van der Waals surface area contributed by atoms with Crippen molar-refractivity contribution in [1.82, 2.24) is 5.23 Å². The van der Waals surface area contributed by atoms with E-state index in [1.807, 2.05) is 0 Å². The van der Waals surface area contributed by atoms with E-state index in [0.717, 1.165) is 12.5 Å². The Morgan fingerprint density at radius 1 is 0.650 bits per heavy atom. The molecule has 118 valence electrons. The first kappa shape index (κ1) is 20.0. The van der Waals surface area contributed by atoms with Gasteiger partial charge in [0.15, 0.2) is 7.98 Å². The Kier molecular flexibility index (Phi) is 17.1. The second-order valence-electron chi connectivity index (χ2n) is 6.37. The SMILES string of the molecule is [B]NCCCCC(CCCCCC)CCCCCCC. The van der Waals surface area contributed by atoms with Crippen molar-refractivity contribution in [2.45, 2.75) is 104 Å². The molecule has 1 N–H and O–H groups in total. The molecule has 2 radical (unpaired) electrons. The largest absolute Gasteiger partial charge is 0.366 e. The minimum absolute atomic E-state index is 0.971. The third kappa shape index (κ3) is 14.4. The number of nitrogens with one attached hydrogen (secondary N) is 1. The van der Waals surface area contributed by atoms with Crippen molar-refractivity contribution in [2.75, 3.05) is 6.54 Å². The predicted octanol–water partition coefficient (Wildman–Crippen LogP) is 5.78. The Morgan fingerprint density at radius 3 is 1.60 bits per heavy atom. The van der Waals surface area contributed by atoms with Gasteiger partial charge in [0.1, 0.15) is 0 Å². The van der Waals surface area contributed by atoms with Gasteiger partial charge in [-0.1, -0.05) is 97.3 Å². The minimum Gasteiger partial charge on any atom is -0.366 e. The predicted molar refractivity (Wildman–Crippen MR) is 93.2 cm³/mol. The summed E-state index contributed by atoms with van der Waals surface area (Å²) in [6.07, 6.45) is 19.7. The van der Waals surface area contributed by atoms with Gasteiger partial charge in [-0.3, -0.25) is 0 Å². The lowest BCUT2D eigenvalue weighted by Crippen LogP contribution is -2.10. The zero-order valence-corrected chi connectivity index (χ0v) is 14.3. The van der Waals surface area contributed by atoms with E-state index in [1.165, 1.54) is 89.9 Å². The maximum atomic E-state index is 5.34. The van der Waals surface area contributed by atoms with E-state index in [9.17, 15) is 0 Å². The summed E-state index contributed by atoms with van der Waals surface area (Å²) in [7, 11) is 5.34. The highest BCUT2D eigenvalue weighted by atomic mass is 14.7. The molecule has 0 aliphatic heterocycles. The van der Waals surface area contributed by atoms with E-state index in [4.69, 9.17) is 7.98 Å². The lowest BCUT2D eigenvalue weighted by Gasteiger charge is -2.17. The van der Waals surface area contributed by atoms with Gasteiger partial charge in [-0.2, -0.15) is 0 Å². The van der Waals surface area contributed by atoms with Gasteiger partial charge in [-0.15, -0.1) is 0 Å². The molecule has 1 atom stereocenters. The molecule has 20 heavy (non-hydrogen) atoms. The van der Waals surface area contributed by atoms with Gasteiger partial charge < -0.3 is 5.23 Å². The zero-order valence-electron chi connectivity index (χ0n) is 14.3. The van der Waals surface area contributed by atoms with E-state index >= 15 is 0 Å². The van der Waals surface area contributed by atoms with E-state index in [-0.39, 0.29) is 0 Å². The molecule has 0 fully saturated rings. The summed E-state index contributed by atoms with van der Waals surface area (Å²) in [5, 5.41) is 2.77. The first-order chi connectivity index (χ1) is 9.85. The summed E-state index contributed by atoms with van der Waals surface area (Å²) in [4.78, 5) is 0. The molecule has 0 aromatic heterocycles. The topological polar surface area (TPSA) is 12.0 Å². The Hall–Kier alpha value is 0.0249. The van der Waals surface area contributed by atoms with Crippen molar-refractivity contribution in [3.05, 3.63) is 0 Å². The highest BCUT2D eigenvalue weighted by Crippen LogP contribution is 2.23. The van der Waals surface area contributed by atoms with Gasteiger partial charge in [-0.05, 0) is 18.9 Å². The number of rotatable bonds is 16. The first-order valence-corrected chi connectivity index (χ1v) is 9.28. The van der Waals surface area contributed by atoms with Crippen molar-refractivity contribution in [3.8, 4) is 0 Å². The maximum absolute atomic E-state index is 5.34. The Morgan fingerprint density at radius 2 is 1.10 bits per heavy atom. The van der Waals surface area contributed by atoms with E-state index < -0.39 is 0 Å². The lowest BCUT2D eigenvalue weighted by molar-refractivity contribution is 0.370. The maximum Gasteiger partial charge on any atom is 0.177 e. The Labute approximate surface area is 130 Å². The lowest BCUT2D eigenvalue weighted by atomic mass is 9.90. The molecule has 0 rings (SSSR count). The molecular weight excluding hydrogens is 241 g/mol. The van der Waals surface area contributed by atoms with Crippen LogP contribution in [0.25, 0.3) is 0 Å². The smallest absolute Gasteiger partial charge is 0.177 e. The molecule has 0 saturated carbocycles. The fourth-order valence-corrected chi connectivity index (χ4v) is 2.99. The van der Waals surface area contributed by atoms with Crippen LogP contribution in [0.3, 0.4) is 0 Å². The van der Waals surface area contributed by atoms with Gasteiger partial charge in [-0.25, -0.2) is 0 Å². The van der Waals surface area contributed by atoms with Gasteiger partial charge in [0.05, 0.1) is 0 Å². The molecule has 0 aliphatic rings. The Balaban J connectivity index is 3.67. The van der Waals surface area contributed by atoms with Crippen LogP contribution in [0, 0.1) is 5.92 Å². The highest BCUT2D eigenvalue weighted by molar-refractivity contribution is 6.04. The summed E-state index contributed by atoms with van der Waals surface area (Å²) >= 11 is 0. The van der Waals surface area contributed by atoms with Crippen molar-refractivity contribution in [1.29, 1.82) is 0 Å². The summed E-state index contributed by atoms with van der Waals surface area (Å²) < 4.78 is 0. The van der Waals surface area contributed by atoms with Gasteiger partial charge >= 0.3 is 0 Å². The third-order valence-corrected chi connectivity index (χ3v) is 4.37. The van der Waals surface area contributed by atoms with Gasteiger partial charge in [0.2, 0.25) is 0 Å². The van der Waals surface area contributed by atoms with Crippen LogP contribution in [0.1, 0.15) is 104 Å². The molecular formula is C18H38BN. The van der Waals surface area contributed by atoms with E-state index in [1.54, 1.807) is 0 Å². The fraction of sp³-hybridized carbons (Fsp3) is 1.00. The van der Waals surface area contributed by atoms with Crippen LogP contribution >= 0.6 is 0 Å². The van der Waals surface area contributed by atoms with Crippen LogP contribution in [-0.2, 0) is 0 Å². The van der Waals surface area contributed by atoms with E-state index in [2.05, 4.69) is 19.1 Å². The van der Waals surface area contributed by atoms with Crippen LogP contribution in [0.5, 0.6) is 0 Å². The number of unbranched alkanes of at least 4 members (excludes halogenated alkanes) is 8. The zero-order chi connectivity index (χ0) is 14.9. The molecule has 0 bridgehead atoms. The molecule has 0 saturated heterocycles. The molecule has 1 unspecified atom stereocenters. The first-order valence-electron chi connectivity index (χ1n) is 9.28. The Bertz CT molecular complexity index is 161. The summed E-state index contributed by atoms with van der Waals surface area (Å²) in [5.74, 6) is 0.978. The number of hydrogen-bond donors (Lipinski definition) is 1. The van der Waals surface area contributed by atoms with Crippen LogP contribution in [0.4, 0.5) is 0 Å². The van der Waals surface area contributed by atoms with Crippen LogP contribution < -0.4 is 5.23 Å². The summed E-state index contributed by atoms with van der Waals surface area (Å²) in [6, 6.07) is 0. The standard InChI is InChI=1S/C18H38BN/c1-3-5-7-9-11-15-18(14-10-8-6-4-2)16-12-13-17-20-19/h18,20H,3-17H2,1-2H3. The van der Waals surface area contributed by atoms with Gasteiger partial charge in [0, 0.05) is 0 Å². The summed E-state index contributed by atoms with van der Waals surface area (Å²) in [6.45, 7) is 5.56. The minimum atomic E-state index is 0.971. The molecule has 0 aliphatic carbocycles. The molecule has 2 heteroatoms. The second kappa shape index (κ2) is 17.1. The van der Waals surface area contributed by atoms with Crippen molar-refractivity contribution >= 4 is 7.98 Å². The molecule has 0 aromatic carbocycles. The molecule has 0 amide bonds. The molecule has 0 heterocycles. The average molecular weight is 279 g/mol. The average Bonchev–Trinajstić information content (AvgIpc) is 2.47. The fourth-order valence-electron chi connectivity index (χ4n) is 2.99. The van der Waals surface area contributed by atoms with Crippen molar-refractivity contribution < 1.29 is 0 Å². The molecule has 0 aromatic rings. The highest BCUT2D eigenvalue weighted by Gasteiger charge is 2.08. The van der Waals surface area contributed by atoms with Crippen molar-refractivity contribution in [2.24, 2.45) is 5.92 Å². The third-order valence-electron chi connectivity index (χ3n) is 4.37. The van der Waals surface area contributed by atoms with Gasteiger partial charge in [0.25, 0.3) is 0 Å². The number of hydrogen-bond acceptors (Lipinski definition) is 1. The van der Waals surface area contributed by atoms with Crippen LogP contribution in [0.15, 0.2) is 0 Å². The summed E-state index contributed by atoms with van der Waals surface area (Å²) in [5.41, 5.74) is 0. The van der Waals surface area contributed by atoms with Crippen LogP contribution in [0.2, 0.25) is 0 Å². The van der Waals surface area contributed by atoms with E-state index in [0.29, 0.717) is 0 Å². The second-order valence-corrected chi connectivity index (χ2v) is 6.37. The van der Waals surface area contributed by atoms with Crippen molar-refractivity contribution in [3.63, 3.8) is 0 Å². The molecule has 1 nitrogen and oxygen atoms in total. The monoisotopic (exact) mass is 279 g/mol. The van der Waals surface area contributed by atoms with Crippen LogP contribution in [-0.4, -0.2) is 14.5 Å². The molecule has 0 spiro atoms.